The quantitative estimate of drug-likeness (QED) is 0.822. The molecule has 3 nitrogen and oxygen atoms in total. The summed E-state index contributed by atoms with van der Waals surface area (Å²) in [5.41, 5.74) is 1.79. The molecule has 94 valence electrons. The van der Waals surface area contributed by atoms with Crippen molar-refractivity contribution in [1.82, 2.24) is 4.98 Å². The molecule has 1 N–H and O–H groups in total. The van der Waals surface area contributed by atoms with Crippen molar-refractivity contribution in [2.75, 3.05) is 11.9 Å². The van der Waals surface area contributed by atoms with Crippen molar-refractivity contribution in [3.05, 3.63) is 54.1 Å². The molecule has 0 aliphatic heterocycles. The Hall–Kier alpha value is -2.10. The van der Waals surface area contributed by atoms with Crippen molar-refractivity contribution in [3.63, 3.8) is 0 Å². The molecule has 0 bridgehead atoms. The summed E-state index contributed by atoms with van der Waals surface area (Å²) >= 11 is 0. The van der Waals surface area contributed by atoms with Crippen molar-refractivity contribution in [2.45, 2.75) is 13.5 Å². The van der Waals surface area contributed by atoms with E-state index < -0.39 is 5.95 Å². The predicted molar refractivity (Wildman–Crippen MR) is 69.1 cm³/mol. The van der Waals surface area contributed by atoms with Crippen LogP contribution in [0.15, 0.2) is 42.6 Å². The van der Waals surface area contributed by atoms with Crippen molar-refractivity contribution < 1.29 is 9.13 Å². The number of ether oxygens (including phenoxy) is 1. The fourth-order valence-corrected chi connectivity index (χ4v) is 1.63. The van der Waals surface area contributed by atoms with Crippen molar-refractivity contribution in [1.29, 1.82) is 0 Å². The van der Waals surface area contributed by atoms with E-state index in [4.69, 9.17) is 4.74 Å². The van der Waals surface area contributed by atoms with Gasteiger partial charge in [0.2, 0.25) is 5.95 Å². The topological polar surface area (TPSA) is 34.1 Å². The number of nitrogens with zero attached hydrogens (tertiary/aromatic N) is 1. The molecular formula is C14H15FN2O. The number of benzene rings is 1. The van der Waals surface area contributed by atoms with Gasteiger partial charge in [-0.3, -0.25) is 0 Å². The van der Waals surface area contributed by atoms with Gasteiger partial charge >= 0.3 is 0 Å². The molecule has 1 aromatic heterocycles. The normalized spacial score (nSPS) is 10.1. The Morgan fingerprint density at radius 3 is 2.94 bits per heavy atom. The van der Waals surface area contributed by atoms with Gasteiger partial charge in [0.1, 0.15) is 5.75 Å². The number of pyridine rings is 1. The molecule has 0 aliphatic rings. The number of rotatable bonds is 5. The molecule has 1 aromatic carbocycles. The molecule has 0 fully saturated rings. The van der Waals surface area contributed by atoms with Gasteiger partial charge in [-0.1, -0.05) is 12.1 Å². The molecule has 1 heterocycles. The summed E-state index contributed by atoms with van der Waals surface area (Å²) in [5.74, 6) is 0.362. The molecule has 0 spiro atoms. The van der Waals surface area contributed by atoms with Crippen LogP contribution in [0.25, 0.3) is 0 Å². The fraction of sp³-hybridized carbons (Fsp3) is 0.214. The molecule has 0 saturated carbocycles. The van der Waals surface area contributed by atoms with E-state index >= 15 is 0 Å². The lowest BCUT2D eigenvalue weighted by Gasteiger charge is -2.08. The minimum Gasteiger partial charge on any atom is -0.494 e. The molecule has 0 unspecified atom stereocenters. The largest absolute Gasteiger partial charge is 0.494 e. The second kappa shape index (κ2) is 6.00. The van der Waals surface area contributed by atoms with Gasteiger partial charge < -0.3 is 10.1 Å². The van der Waals surface area contributed by atoms with Crippen molar-refractivity contribution in [3.8, 4) is 5.75 Å². The highest BCUT2D eigenvalue weighted by Crippen LogP contribution is 2.15. The first-order valence-corrected chi connectivity index (χ1v) is 5.85. The Bertz CT molecular complexity index is 517. The summed E-state index contributed by atoms with van der Waals surface area (Å²) in [6.45, 7) is 3.21. The van der Waals surface area contributed by atoms with Gasteiger partial charge in [0.05, 0.1) is 6.61 Å². The first kappa shape index (κ1) is 12.4. The van der Waals surface area contributed by atoms with E-state index in [2.05, 4.69) is 10.3 Å². The zero-order valence-corrected chi connectivity index (χ0v) is 10.2. The van der Waals surface area contributed by atoms with Crippen LogP contribution in [0.5, 0.6) is 5.75 Å². The van der Waals surface area contributed by atoms with E-state index in [1.165, 1.54) is 12.3 Å². The van der Waals surface area contributed by atoms with Gasteiger partial charge in [0, 0.05) is 24.5 Å². The number of anilines is 1. The summed E-state index contributed by atoms with van der Waals surface area (Å²) in [4.78, 5) is 3.51. The summed E-state index contributed by atoms with van der Waals surface area (Å²) in [6, 6.07) is 10.9. The number of nitrogens with one attached hydrogen (secondary N) is 1. The summed E-state index contributed by atoms with van der Waals surface area (Å²) < 4.78 is 18.3. The van der Waals surface area contributed by atoms with Crippen LogP contribution in [0.1, 0.15) is 12.5 Å². The first-order valence-electron chi connectivity index (χ1n) is 5.85. The molecule has 0 atom stereocenters. The van der Waals surface area contributed by atoms with Gasteiger partial charge in [-0.15, -0.1) is 0 Å². The lowest BCUT2D eigenvalue weighted by molar-refractivity contribution is 0.340. The maximum atomic E-state index is 12.9. The second-order valence-corrected chi connectivity index (χ2v) is 3.80. The van der Waals surface area contributed by atoms with Crippen LogP contribution in [-0.2, 0) is 6.54 Å². The van der Waals surface area contributed by atoms with Gasteiger partial charge in [0.15, 0.2) is 0 Å². The molecule has 18 heavy (non-hydrogen) atoms. The summed E-state index contributed by atoms with van der Waals surface area (Å²) in [7, 11) is 0. The van der Waals surface area contributed by atoms with Gasteiger partial charge in [-0.25, -0.2) is 4.98 Å². The molecule has 0 radical (unpaired) electrons. The van der Waals surface area contributed by atoms with Gasteiger partial charge in [0.25, 0.3) is 0 Å². The third-order valence-corrected chi connectivity index (χ3v) is 2.43. The lowest BCUT2D eigenvalue weighted by atomic mass is 10.2. The number of halogens is 1. The summed E-state index contributed by atoms with van der Waals surface area (Å²) in [5, 5.41) is 3.14. The van der Waals surface area contributed by atoms with Crippen LogP contribution in [-0.4, -0.2) is 11.6 Å². The number of aromatic nitrogens is 1. The monoisotopic (exact) mass is 246 g/mol. The lowest BCUT2D eigenvalue weighted by Crippen LogP contribution is -2.01. The smallest absolute Gasteiger partial charge is 0.214 e. The Balaban J connectivity index is 1.99. The van der Waals surface area contributed by atoms with Crippen molar-refractivity contribution in [2.24, 2.45) is 0 Å². The highest BCUT2D eigenvalue weighted by atomic mass is 19.1. The second-order valence-electron chi connectivity index (χ2n) is 3.80. The zero-order chi connectivity index (χ0) is 12.8. The Morgan fingerprint density at radius 2 is 2.17 bits per heavy atom. The minimum atomic E-state index is -0.483. The van der Waals surface area contributed by atoms with Crippen molar-refractivity contribution >= 4 is 5.69 Å². The maximum Gasteiger partial charge on any atom is 0.214 e. The van der Waals surface area contributed by atoms with Crippen LogP contribution in [0.4, 0.5) is 10.1 Å². The van der Waals surface area contributed by atoms with E-state index in [1.54, 1.807) is 6.07 Å². The van der Waals surface area contributed by atoms with Crippen LogP contribution in [0, 0.1) is 5.95 Å². The average Bonchev–Trinajstić information content (AvgIpc) is 2.37. The Kier molecular flexibility index (Phi) is 4.12. The highest BCUT2D eigenvalue weighted by Gasteiger charge is 1.98. The Labute approximate surface area is 106 Å². The highest BCUT2D eigenvalue weighted by molar-refractivity contribution is 5.42. The predicted octanol–water partition coefficient (Wildman–Crippen LogP) is 3.23. The SMILES string of the molecule is CCOc1cccc(CNc2ccnc(F)c2)c1. The van der Waals surface area contributed by atoms with E-state index in [0.29, 0.717) is 18.8 Å². The third-order valence-electron chi connectivity index (χ3n) is 2.43. The number of hydrogen-bond acceptors (Lipinski definition) is 3. The van der Waals surface area contributed by atoms with Crippen LogP contribution in [0.3, 0.4) is 0 Å². The molecule has 0 saturated heterocycles. The summed E-state index contributed by atoms with van der Waals surface area (Å²) in [6.07, 6.45) is 1.44. The van der Waals surface area contributed by atoms with Gasteiger partial charge in [-0.2, -0.15) is 4.39 Å². The molecule has 0 amide bonds. The van der Waals surface area contributed by atoms with E-state index in [1.807, 2.05) is 31.2 Å². The molecule has 4 heteroatoms. The molecular weight excluding hydrogens is 231 g/mol. The van der Waals surface area contributed by atoms with Crippen LogP contribution >= 0.6 is 0 Å². The molecule has 0 aliphatic carbocycles. The van der Waals surface area contributed by atoms with Crippen LogP contribution < -0.4 is 10.1 Å². The molecule has 2 rings (SSSR count). The first-order chi connectivity index (χ1) is 8.78. The fourth-order valence-electron chi connectivity index (χ4n) is 1.63. The molecule has 2 aromatic rings. The zero-order valence-electron chi connectivity index (χ0n) is 10.2. The van der Waals surface area contributed by atoms with Gasteiger partial charge in [-0.05, 0) is 30.7 Å². The van der Waals surface area contributed by atoms with E-state index in [0.717, 1.165) is 11.3 Å². The minimum absolute atomic E-state index is 0.483. The average molecular weight is 246 g/mol. The van der Waals surface area contributed by atoms with Crippen LogP contribution in [0.2, 0.25) is 0 Å². The van der Waals surface area contributed by atoms with E-state index in [-0.39, 0.29) is 0 Å². The third kappa shape index (κ3) is 3.45. The Morgan fingerprint density at radius 1 is 1.28 bits per heavy atom. The maximum absolute atomic E-state index is 12.9. The standard InChI is InChI=1S/C14H15FN2O/c1-2-18-13-5-3-4-11(8-13)10-17-12-6-7-16-14(15)9-12/h3-9H,2,10H2,1H3,(H,16,17). The van der Waals surface area contributed by atoms with E-state index in [9.17, 15) is 4.39 Å². The number of hydrogen-bond donors (Lipinski definition) is 1.